The van der Waals surface area contributed by atoms with E-state index in [4.69, 9.17) is 0 Å². The molecule has 1 N–H and O–H groups in total. The van der Waals surface area contributed by atoms with Crippen molar-refractivity contribution in [2.45, 2.75) is 45.1 Å². The number of nitrogens with one attached hydrogen (secondary N) is 1. The Labute approximate surface area is 167 Å². The number of hydrogen-bond acceptors (Lipinski definition) is 2. The van der Waals surface area contributed by atoms with Crippen LogP contribution in [0.25, 0.3) is 0 Å². The quantitative estimate of drug-likeness (QED) is 0.741. The van der Waals surface area contributed by atoms with Crippen molar-refractivity contribution in [2.75, 3.05) is 19.6 Å². The Hall–Kier alpha value is -2.20. The molecule has 3 nitrogen and oxygen atoms in total. The van der Waals surface area contributed by atoms with Gasteiger partial charge in [-0.3, -0.25) is 4.79 Å². The van der Waals surface area contributed by atoms with E-state index in [2.05, 4.69) is 40.5 Å². The average molecular weight is 383 g/mol. The Morgan fingerprint density at radius 2 is 1.82 bits per heavy atom. The van der Waals surface area contributed by atoms with Crippen molar-refractivity contribution in [1.29, 1.82) is 0 Å². The lowest BCUT2D eigenvalue weighted by atomic mass is 9.95. The van der Waals surface area contributed by atoms with E-state index < -0.39 is 0 Å². The highest BCUT2D eigenvalue weighted by atomic mass is 19.1. The average Bonchev–Trinajstić information content (AvgIpc) is 2.72. The lowest BCUT2D eigenvalue weighted by Crippen LogP contribution is -2.46. The molecule has 150 valence electrons. The highest BCUT2D eigenvalue weighted by Crippen LogP contribution is 2.16. The molecule has 1 aliphatic rings. The molecule has 0 saturated carbocycles. The van der Waals surface area contributed by atoms with Crippen LogP contribution in [0.15, 0.2) is 54.6 Å². The zero-order valence-electron chi connectivity index (χ0n) is 16.7. The Kier molecular flexibility index (Phi) is 7.61. The molecular weight excluding hydrogens is 351 g/mol. The molecule has 1 aliphatic heterocycles. The summed E-state index contributed by atoms with van der Waals surface area (Å²) in [4.78, 5) is 15.2. The van der Waals surface area contributed by atoms with Crippen LogP contribution in [0, 0.1) is 11.7 Å². The van der Waals surface area contributed by atoms with Crippen molar-refractivity contribution in [3.8, 4) is 0 Å². The fraction of sp³-hybridized carbons (Fsp3) is 0.458. The summed E-state index contributed by atoms with van der Waals surface area (Å²) in [5, 5.41) is 3.24. The predicted molar refractivity (Wildman–Crippen MR) is 112 cm³/mol. The molecule has 28 heavy (non-hydrogen) atoms. The van der Waals surface area contributed by atoms with E-state index in [-0.39, 0.29) is 23.7 Å². The summed E-state index contributed by atoms with van der Waals surface area (Å²) in [6.07, 6.45) is 4.42. The first-order valence-corrected chi connectivity index (χ1v) is 10.4. The number of hydrogen-bond donors (Lipinski definition) is 1. The predicted octanol–water partition coefficient (Wildman–Crippen LogP) is 4.22. The summed E-state index contributed by atoms with van der Waals surface area (Å²) >= 11 is 0. The molecule has 1 amide bonds. The Morgan fingerprint density at radius 3 is 2.50 bits per heavy atom. The molecule has 0 aromatic heterocycles. The highest BCUT2D eigenvalue weighted by Gasteiger charge is 2.24. The molecule has 0 radical (unpaired) electrons. The van der Waals surface area contributed by atoms with Crippen LogP contribution >= 0.6 is 0 Å². The van der Waals surface area contributed by atoms with Crippen LogP contribution in [0.5, 0.6) is 0 Å². The molecule has 1 fully saturated rings. The van der Waals surface area contributed by atoms with Gasteiger partial charge in [0.1, 0.15) is 5.82 Å². The normalized spacial score (nSPS) is 16.6. The third-order valence-corrected chi connectivity index (χ3v) is 5.73. The van der Waals surface area contributed by atoms with Crippen molar-refractivity contribution in [1.82, 2.24) is 10.2 Å². The summed E-state index contributed by atoms with van der Waals surface area (Å²) in [6, 6.07) is 17.4. The van der Waals surface area contributed by atoms with Gasteiger partial charge in [-0.05, 0) is 55.4 Å². The zero-order chi connectivity index (χ0) is 19.8. The second-order valence-electron chi connectivity index (χ2n) is 7.80. The molecule has 1 unspecified atom stereocenters. The standard InChI is InChI=1S/C24H31FN2O/c1-2-21(17-20-9-6-10-22(25)18-20)24(28)26-23-12-15-27(16-13-23)14-11-19-7-4-3-5-8-19/h3-10,18,21,23H,2,11-17H2,1H3,(H,26,28). The molecule has 0 bridgehead atoms. The van der Waals surface area contributed by atoms with Gasteiger partial charge in [0.2, 0.25) is 5.91 Å². The van der Waals surface area contributed by atoms with Gasteiger partial charge in [-0.25, -0.2) is 4.39 Å². The summed E-state index contributed by atoms with van der Waals surface area (Å²) in [6.45, 7) is 5.15. The first-order chi connectivity index (χ1) is 13.6. The molecule has 2 aromatic carbocycles. The molecule has 0 aliphatic carbocycles. The fourth-order valence-electron chi connectivity index (χ4n) is 3.92. The molecule has 1 saturated heterocycles. The minimum absolute atomic E-state index is 0.0992. The van der Waals surface area contributed by atoms with Crippen molar-refractivity contribution in [2.24, 2.45) is 5.92 Å². The Morgan fingerprint density at radius 1 is 1.11 bits per heavy atom. The van der Waals surface area contributed by atoms with Gasteiger partial charge in [-0.15, -0.1) is 0 Å². The number of nitrogens with zero attached hydrogens (tertiary/aromatic N) is 1. The van der Waals surface area contributed by atoms with Crippen LogP contribution in [0.3, 0.4) is 0 Å². The summed E-state index contributed by atoms with van der Waals surface area (Å²) in [7, 11) is 0. The lowest BCUT2D eigenvalue weighted by Gasteiger charge is -2.33. The molecule has 4 heteroatoms. The number of rotatable bonds is 8. The third kappa shape index (κ3) is 6.16. The molecule has 0 spiro atoms. The summed E-state index contributed by atoms with van der Waals surface area (Å²) < 4.78 is 13.4. The van der Waals surface area contributed by atoms with Crippen LogP contribution in [0.1, 0.15) is 37.3 Å². The van der Waals surface area contributed by atoms with Crippen molar-refractivity contribution in [3.05, 3.63) is 71.5 Å². The van der Waals surface area contributed by atoms with Gasteiger partial charge in [-0.2, -0.15) is 0 Å². The number of carbonyl (C=O) groups excluding carboxylic acids is 1. The summed E-state index contributed by atoms with van der Waals surface area (Å²) in [5.41, 5.74) is 2.26. The minimum atomic E-state index is -0.240. The van der Waals surface area contributed by atoms with Crippen LogP contribution in [0.4, 0.5) is 4.39 Å². The van der Waals surface area contributed by atoms with Gasteiger partial charge in [0.15, 0.2) is 0 Å². The number of carbonyl (C=O) groups is 1. The Balaban J connectivity index is 1.42. The SMILES string of the molecule is CCC(Cc1cccc(F)c1)C(=O)NC1CCN(CCc2ccccc2)CC1. The Bertz CT molecular complexity index is 741. The molecule has 3 rings (SSSR count). The summed E-state index contributed by atoms with van der Waals surface area (Å²) in [5.74, 6) is -0.233. The highest BCUT2D eigenvalue weighted by molar-refractivity contribution is 5.79. The van der Waals surface area contributed by atoms with Crippen LogP contribution in [-0.4, -0.2) is 36.5 Å². The number of amides is 1. The van der Waals surface area contributed by atoms with Crippen molar-refractivity contribution < 1.29 is 9.18 Å². The van der Waals surface area contributed by atoms with Crippen LogP contribution in [-0.2, 0) is 17.6 Å². The number of benzene rings is 2. The number of halogens is 1. The van der Waals surface area contributed by atoms with Crippen molar-refractivity contribution >= 4 is 5.91 Å². The first kappa shape index (κ1) is 20.5. The number of piperidine rings is 1. The van der Waals surface area contributed by atoms with Gasteiger partial charge in [0.25, 0.3) is 0 Å². The first-order valence-electron chi connectivity index (χ1n) is 10.4. The second kappa shape index (κ2) is 10.4. The van der Waals surface area contributed by atoms with E-state index in [1.54, 1.807) is 6.07 Å². The maximum absolute atomic E-state index is 13.4. The monoisotopic (exact) mass is 382 g/mol. The maximum Gasteiger partial charge on any atom is 0.223 e. The maximum atomic E-state index is 13.4. The van der Waals surface area contributed by atoms with E-state index in [9.17, 15) is 9.18 Å². The van der Waals surface area contributed by atoms with Gasteiger partial charge < -0.3 is 10.2 Å². The van der Waals surface area contributed by atoms with E-state index in [1.165, 1.54) is 17.7 Å². The largest absolute Gasteiger partial charge is 0.353 e. The smallest absolute Gasteiger partial charge is 0.223 e. The molecule has 2 aromatic rings. The second-order valence-corrected chi connectivity index (χ2v) is 7.80. The van der Waals surface area contributed by atoms with Gasteiger partial charge in [0.05, 0.1) is 0 Å². The molecule has 1 atom stereocenters. The van der Waals surface area contributed by atoms with E-state index in [0.717, 1.165) is 50.9 Å². The molecule has 1 heterocycles. The van der Waals surface area contributed by atoms with E-state index in [1.807, 2.05) is 13.0 Å². The van der Waals surface area contributed by atoms with Gasteiger partial charge >= 0.3 is 0 Å². The third-order valence-electron chi connectivity index (χ3n) is 5.73. The van der Waals surface area contributed by atoms with Gasteiger partial charge in [0, 0.05) is 31.6 Å². The van der Waals surface area contributed by atoms with Crippen LogP contribution in [0.2, 0.25) is 0 Å². The van der Waals surface area contributed by atoms with Gasteiger partial charge in [-0.1, -0.05) is 49.4 Å². The lowest BCUT2D eigenvalue weighted by molar-refractivity contribution is -0.126. The zero-order valence-corrected chi connectivity index (χ0v) is 16.7. The fourth-order valence-corrected chi connectivity index (χ4v) is 3.92. The minimum Gasteiger partial charge on any atom is -0.353 e. The van der Waals surface area contributed by atoms with E-state index >= 15 is 0 Å². The van der Waals surface area contributed by atoms with E-state index in [0.29, 0.717) is 6.42 Å². The molecular formula is C24H31FN2O. The van der Waals surface area contributed by atoms with Crippen molar-refractivity contribution in [3.63, 3.8) is 0 Å². The number of likely N-dealkylation sites (tertiary alicyclic amines) is 1. The topological polar surface area (TPSA) is 32.3 Å². The van der Waals surface area contributed by atoms with Crippen LogP contribution < -0.4 is 5.32 Å².